The van der Waals surface area contributed by atoms with Crippen molar-refractivity contribution < 1.29 is 72.0 Å². The molecule has 3 aliphatic rings. The van der Waals surface area contributed by atoms with Crippen LogP contribution in [-0.2, 0) is 52.2 Å². The van der Waals surface area contributed by atoms with Gasteiger partial charge in [-0.2, -0.15) is 0 Å². The molecule has 0 saturated carbocycles. The van der Waals surface area contributed by atoms with Crippen LogP contribution < -0.4 is 0 Å². The Balaban J connectivity index is 1.66. The molecular formula is C54H79NO15. The molecule has 18 atom stereocenters. The average molecular weight is 982 g/mol. The molecule has 2 aromatic carbocycles. The summed E-state index contributed by atoms with van der Waals surface area (Å²) in [5.74, 6) is -6.18. The molecular weight excluding hydrogens is 903 g/mol. The van der Waals surface area contributed by atoms with Crippen LogP contribution in [0.1, 0.15) is 116 Å². The van der Waals surface area contributed by atoms with Gasteiger partial charge < -0.3 is 57.7 Å². The zero-order valence-corrected chi connectivity index (χ0v) is 43.4. The van der Waals surface area contributed by atoms with Gasteiger partial charge in [0, 0.05) is 31.3 Å². The van der Waals surface area contributed by atoms with E-state index in [1.807, 2.05) is 32.8 Å². The Bertz CT molecular complexity index is 2050. The van der Waals surface area contributed by atoms with Crippen molar-refractivity contribution >= 4 is 23.7 Å². The molecule has 3 aliphatic heterocycles. The number of ketones is 1. The number of aliphatic hydroxyl groups excluding tert-OH is 1. The first-order chi connectivity index (χ1) is 32.9. The van der Waals surface area contributed by atoms with Crippen LogP contribution in [0.3, 0.4) is 0 Å². The van der Waals surface area contributed by atoms with Gasteiger partial charge in [0.2, 0.25) is 0 Å². The summed E-state index contributed by atoms with van der Waals surface area (Å²) in [6.07, 6.45) is -8.27. The van der Waals surface area contributed by atoms with E-state index in [1.165, 1.54) is 14.0 Å². The number of likely N-dealkylation sites (N-methyl/N-ethyl adjacent to an activating group) is 1. The smallest absolute Gasteiger partial charge is 0.338 e. The van der Waals surface area contributed by atoms with Gasteiger partial charge in [-0.3, -0.25) is 9.59 Å². The molecule has 0 spiro atoms. The molecule has 1 unspecified atom stereocenters. The highest BCUT2D eigenvalue weighted by molar-refractivity contribution is 5.90. The van der Waals surface area contributed by atoms with E-state index in [4.69, 9.17) is 42.6 Å². The quantitative estimate of drug-likeness (QED) is 0.115. The Hall–Kier alpha value is -4.10. The molecule has 16 heteroatoms. The molecule has 2 aromatic rings. The van der Waals surface area contributed by atoms with Gasteiger partial charge in [0.05, 0.1) is 65.8 Å². The molecule has 390 valence electrons. The summed E-state index contributed by atoms with van der Waals surface area (Å²) in [5.41, 5.74) is -3.94. The lowest BCUT2D eigenvalue weighted by Crippen LogP contribution is -2.62. The van der Waals surface area contributed by atoms with Crippen LogP contribution in [0, 0.1) is 23.7 Å². The maximum atomic E-state index is 14.7. The van der Waals surface area contributed by atoms with Crippen molar-refractivity contribution in [2.75, 3.05) is 27.8 Å². The normalized spacial score (nSPS) is 39.1. The molecule has 2 N–H and O–H groups in total. The third kappa shape index (κ3) is 12.9. The third-order valence-electron chi connectivity index (χ3n) is 14.8. The molecule has 5 rings (SSSR count). The number of carbonyl (C=O) groups excluding carboxylic acids is 4. The van der Waals surface area contributed by atoms with Crippen LogP contribution in [0.5, 0.6) is 0 Å². The molecule has 0 aromatic heterocycles. The van der Waals surface area contributed by atoms with Gasteiger partial charge in [0.15, 0.2) is 24.8 Å². The van der Waals surface area contributed by atoms with Crippen molar-refractivity contribution in [2.45, 2.75) is 179 Å². The number of hydrogen-bond acceptors (Lipinski definition) is 16. The van der Waals surface area contributed by atoms with E-state index in [9.17, 15) is 29.4 Å². The second-order valence-corrected chi connectivity index (χ2v) is 20.5. The standard InChI is InChI=1S/C54H79NO15/c1-15-27-63-53(10)29-31(3)42(56)33(5)45(57)54(11,61)40(16-2)66-48(58)35(7)43(67-41-30-52(9,62-14)47(36(8)65-41)69-50(60)38-25-21-18-22-26-38)34(6)46(53)70-51-44(39(55(12)13)28-32(4)64-51)68-49(59)37-23-19-17-20-24-37/h15,17-26,31-36,39-41,43-47,51,57,61H,1,16,27-30H2,2-14H3/t31-,32+,33-,34-,35+,36-,39-,40+,41-,43-,44+,45+,46+,47-,51?,52+,53+,54+/m0/s1. The number of methoxy groups -OCH3 is 1. The first kappa shape index (κ1) is 56.8. The van der Waals surface area contributed by atoms with E-state index in [0.717, 1.165) is 0 Å². The fourth-order valence-electron chi connectivity index (χ4n) is 10.6. The summed E-state index contributed by atoms with van der Waals surface area (Å²) in [6.45, 7) is 21.0. The van der Waals surface area contributed by atoms with Gasteiger partial charge in [0.25, 0.3) is 0 Å². The molecule has 0 aliphatic carbocycles. The van der Waals surface area contributed by atoms with Crippen LogP contribution in [-0.4, -0.2) is 151 Å². The van der Waals surface area contributed by atoms with Crippen molar-refractivity contribution in [2.24, 2.45) is 23.7 Å². The first-order valence-corrected chi connectivity index (χ1v) is 24.7. The van der Waals surface area contributed by atoms with Gasteiger partial charge in [0.1, 0.15) is 23.1 Å². The van der Waals surface area contributed by atoms with E-state index >= 15 is 0 Å². The molecule has 3 heterocycles. The van der Waals surface area contributed by atoms with E-state index in [2.05, 4.69) is 6.58 Å². The number of nitrogens with zero attached hydrogens (tertiary/aromatic N) is 1. The lowest BCUT2D eigenvalue weighted by Gasteiger charge is -2.50. The molecule has 16 nitrogen and oxygen atoms in total. The van der Waals surface area contributed by atoms with Gasteiger partial charge in [-0.25, -0.2) is 9.59 Å². The predicted molar refractivity (Wildman–Crippen MR) is 259 cm³/mol. The van der Waals surface area contributed by atoms with E-state index in [0.29, 0.717) is 17.5 Å². The summed E-state index contributed by atoms with van der Waals surface area (Å²) in [7, 11) is 5.28. The van der Waals surface area contributed by atoms with Crippen LogP contribution >= 0.6 is 0 Å². The average Bonchev–Trinajstić information content (AvgIpc) is 3.33. The third-order valence-corrected chi connectivity index (χ3v) is 14.8. The molecule has 3 saturated heterocycles. The Morgan fingerprint density at radius 3 is 1.94 bits per heavy atom. The largest absolute Gasteiger partial charge is 0.459 e. The van der Waals surface area contributed by atoms with Crippen LogP contribution in [0.15, 0.2) is 73.3 Å². The van der Waals surface area contributed by atoms with Gasteiger partial charge in [-0.05, 0) is 99.2 Å². The highest BCUT2D eigenvalue weighted by atomic mass is 16.7. The minimum atomic E-state index is -2.04. The zero-order chi connectivity index (χ0) is 51.9. The predicted octanol–water partition coefficient (Wildman–Crippen LogP) is 6.73. The first-order valence-electron chi connectivity index (χ1n) is 24.7. The summed E-state index contributed by atoms with van der Waals surface area (Å²) >= 11 is 0. The van der Waals surface area contributed by atoms with Crippen molar-refractivity contribution in [3.8, 4) is 0 Å². The number of ether oxygens (including phenoxy) is 9. The summed E-state index contributed by atoms with van der Waals surface area (Å²) in [5, 5.41) is 23.7. The zero-order valence-electron chi connectivity index (χ0n) is 43.4. The van der Waals surface area contributed by atoms with Crippen molar-refractivity contribution in [1.29, 1.82) is 0 Å². The number of esters is 3. The lowest BCUT2D eigenvalue weighted by molar-refractivity contribution is -0.319. The topological polar surface area (TPSA) is 195 Å². The number of hydrogen-bond donors (Lipinski definition) is 2. The molecule has 3 fully saturated rings. The highest BCUT2D eigenvalue weighted by Gasteiger charge is 2.55. The molecule has 0 bridgehead atoms. The molecule has 0 amide bonds. The van der Waals surface area contributed by atoms with Crippen LogP contribution in [0.25, 0.3) is 0 Å². The van der Waals surface area contributed by atoms with E-state index in [1.54, 1.807) is 115 Å². The van der Waals surface area contributed by atoms with Gasteiger partial charge >= 0.3 is 17.9 Å². The number of carbonyl (C=O) groups is 4. The van der Waals surface area contributed by atoms with Gasteiger partial charge in [-0.15, -0.1) is 6.58 Å². The minimum absolute atomic E-state index is 0.00534. The fourth-order valence-corrected chi connectivity index (χ4v) is 10.6. The number of rotatable bonds is 14. The SMILES string of the molecule is C=CCO[C@]1(C)C[C@H](C)C(=O)[C@H](C)[C@@H](O)[C@](C)(O)[C@@H](CC)OC(=O)[C@H](C)[C@@H](O[C@H]2C[C@@](C)(OC)[C@@H](OC(=O)c3ccccc3)[C@H](C)O2)[C@H](C)[C@H]1OC1O[C@H](C)C[C@H](N(C)C)[C@H]1OC(=O)c1ccccc1. The maximum Gasteiger partial charge on any atom is 0.338 e. The number of Topliss-reactive ketones (excluding diaryl/α,β-unsaturated/α-hetero) is 1. The second kappa shape index (κ2) is 24.1. The highest BCUT2D eigenvalue weighted by Crippen LogP contribution is 2.43. The van der Waals surface area contributed by atoms with Crippen molar-refractivity contribution in [1.82, 2.24) is 4.90 Å². The van der Waals surface area contributed by atoms with Crippen LogP contribution in [0.2, 0.25) is 0 Å². The van der Waals surface area contributed by atoms with Crippen LogP contribution in [0.4, 0.5) is 0 Å². The monoisotopic (exact) mass is 982 g/mol. The molecule has 70 heavy (non-hydrogen) atoms. The Morgan fingerprint density at radius 1 is 0.814 bits per heavy atom. The van der Waals surface area contributed by atoms with E-state index in [-0.39, 0.29) is 43.8 Å². The maximum absolute atomic E-state index is 14.7. The summed E-state index contributed by atoms with van der Waals surface area (Å²) < 4.78 is 58.9. The number of benzene rings is 2. The lowest BCUT2D eigenvalue weighted by atomic mass is 9.73. The Morgan fingerprint density at radius 2 is 1.40 bits per heavy atom. The number of aliphatic hydroxyl groups is 2. The van der Waals surface area contributed by atoms with Gasteiger partial charge in [-0.1, -0.05) is 70.2 Å². The Kier molecular flexibility index (Phi) is 19.5. The van der Waals surface area contributed by atoms with E-state index < -0.39 is 114 Å². The molecule has 0 radical (unpaired) electrons. The second-order valence-electron chi connectivity index (χ2n) is 20.5. The summed E-state index contributed by atoms with van der Waals surface area (Å²) in [6, 6.07) is 16.8. The summed E-state index contributed by atoms with van der Waals surface area (Å²) in [4.78, 5) is 58.5. The Labute approximate surface area is 414 Å². The van der Waals surface area contributed by atoms with Crippen molar-refractivity contribution in [3.63, 3.8) is 0 Å². The minimum Gasteiger partial charge on any atom is -0.459 e. The fraction of sp³-hybridized carbons (Fsp3) is 0.667. The van der Waals surface area contributed by atoms with Crippen molar-refractivity contribution in [3.05, 3.63) is 84.4 Å². The number of cyclic esters (lactones) is 1.